The highest BCUT2D eigenvalue weighted by atomic mass is 35.5. The Kier molecular flexibility index (Phi) is 2.68. The fraction of sp³-hybridized carbons (Fsp3) is 0.417. The summed E-state index contributed by atoms with van der Waals surface area (Å²) in [6.45, 7) is 1.88. The van der Waals surface area contributed by atoms with Crippen LogP contribution in [0.15, 0.2) is 12.1 Å². The minimum absolute atomic E-state index is 0.264. The highest BCUT2D eigenvalue weighted by molar-refractivity contribution is 6.31. The van der Waals surface area contributed by atoms with Gasteiger partial charge in [-0.3, -0.25) is 4.79 Å². The minimum Gasteiger partial charge on any atom is -0.481 e. The largest absolute Gasteiger partial charge is 0.481 e. The van der Waals surface area contributed by atoms with E-state index in [9.17, 15) is 9.90 Å². The van der Waals surface area contributed by atoms with Gasteiger partial charge in [0.2, 0.25) is 0 Å². The quantitative estimate of drug-likeness (QED) is 0.834. The number of hydrogen-bond donors (Lipinski definition) is 2. The fourth-order valence-electron chi connectivity index (χ4n) is 2.34. The number of halogens is 1. The van der Waals surface area contributed by atoms with Gasteiger partial charge in [-0.1, -0.05) is 17.7 Å². The number of rotatable bonds is 2. The van der Waals surface area contributed by atoms with Crippen molar-refractivity contribution < 1.29 is 15.0 Å². The molecule has 3 nitrogen and oxygen atoms in total. The molecule has 1 atom stereocenters. The number of aliphatic hydroxyl groups is 1. The fourth-order valence-corrected chi connectivity index (χ4v) is 2.71. The van der Waals surface area contributed by atoms with Crippen LogP contribution in [0.4, 0.5) is 0 Å². The second-order valence-electron chi connectivity index (χ2n) is 4.37. The molecule has 2 N–H and O–H groups in total. The van der Waals surface area contributed by atoms with Crippen LogP contribution in [0.2, 0.25) is 5.02 Å². The molecule has 1 unspecified atom stereocenters. The Morgan fingerprint density at radius 1 is 1.56 bits per heavy atom. The maximum atomic E-state index is 10.7. The highest BCUT2D eigenvalue weighted by Gasteiger charge is 2.39. The topological polar surface area (TPSA) is 57.5 Å². The van der Waals surface area contributed by atoms with E-state index in [0.29, 0.717) is 23.4 Å². The van der Waals surface area contributed by atoms with Crippen LogP contribution in [0.3, 0.4) is 0 Å². The highest BCUT2D eigenvalue weighted by Crippen LogP contribution is 2.42. The van der Waals surface area contributed by atoms with Crippen LogP contribution in [0.25, 0.3) is 0 Å². The lowest BCUT2D eigenvalue weighted by Crippen LogP contribution is -2.26. The third kappa shape index (κ3) is 1.81. The first kappa shape index (κ1) is 11.4. The van der Waals surface area contributed by atoms with E-state index in [1.807, 2.05) is 19.1 Å². The third-order valence-corrected chi connectivity index (χ3v) is 3.41. The number of fused-ring (bicyclic) bond motifs is 1. The van der Waals surface area contributed by atoms with Crippen molar-refractivity contribution in [2.75, 3.05) is 0 Å². The summed E-state index contributed by atoms with van der Waals surface area (Å²) in [6, 6.07) is 3.67. The number of benzene rings is 1. The van der Waals surface area contributed by atoms with Gasteiger partial charge in [0, 0.05) is 5.02 Å². The van der Waals surface area contributed by atoms with Crippen LogP contribution in [-0.4, -0.2) is 16.2 Å². The van der Waals surface area contributed by atoms with E-state index >= 15 is 0 Å². The smallest absolute Gasteiger partial charge is 0.306 e. The van der Waals surface area contributed by atoms with E-state index in [-0.39, 0.29) is 6.42 Å². The molecule has 0 bridgehead atoms. The van der Waals surface area contributed by atoms with Gasteiger partial charge >= 0.3 is 5.97 Å². The Bertz CT molecular complexity index is 456. The second kappa shape index (κ2) is 3.75. The molecule has 86 valence electrons. The van der Waals surface area contributed by atoms with Gasteiger partial charge in [-0.25, -0.2) is 0 Å². The summed E-state index contributed by atoms with van der Waals surface area (Å²) in [5.74, 6) is -0.993. The van der Waals surface area contributed by atoms with Gasteiger partial charge in [-0.15, -0.1) is 0 Å². The average molecular weight is 241 g/mol. The molecule has 0 aromatic heterocycles. The van der Waals surface area contributed by atoms with Crippen LogP contribution in [-0.2, 0) is 16.8 Å². The zero-order valence-corrected chi connectivity index (χ0v) is 9.71. The van der Waals surface area contributed by atoms with E-state index in [2.05, 4.69) is 0 Å². The van der Waals surface area contributed by atoms with E-state index in [1.165, 1.54) is 0 Å². The molecule has 0 heterocycles. The van der Waals surface area contributed by atoms with Gasteiger partial charge in [-0.05, 0) is 42.5 Å². The van der Waals surface area contributed by atoms with Gasteiger partial charge in [0.05, 0.1) is 6.42 Å². The molecule has 0 spiro atoms. The van der Waals surface area contributed by atoms with Gasteiger partial charge < -0.3 is 10.2 Å². The summed E-state index contributed by atoms with van der Waals surface area (Å²) in [7, 11) is 0. The van der Waals surface area contributed by atoms with Crippen molar-refractivity contribution in [1.29, 1.82) is 0 Å². The van der Waals surface area contributed by atoms with E-state index in [1.54, 1.807) is 0 Å². The molecule has 0 radical (unpaired) electrons. The van der Waals surface area contributed by atoms with E-state index < -0.39 is 11.6 Å². The first-order chi connectivity index (χ1) is 7.42. The van der Waals surface area contributed by atoms with Crippen LogP contribution in [0, 0.1) is 6.92 Å². The molecule has 0 fully saturated rings. The lowest BCUT2D eigenvalue weighted by Gasteiger charge is -2.22. The summed E-state index contributed by atoms with van der Waals surface area (Å²) < 4.78 is 0. The second-order valence-corrected chi connectivity index (χ2v) is 4.78. The Hall–Kier alpha value is -1.06. The standard InChI is InChI=1S/C12H13ClO3/c1-7-4-9-8(10(13)5-7)2-3-12(9,16)6-11(14)15/h4-5,16H,2-3,6H2,1H3,(H,14,15). The summed E-state index contributed by atoms with van der Waals surface area (Å²) >= 11 is 6.08. The van der Waals surface area contributed by atoms with Crippen molar-refractivity contribution in [1.82, 2.24) is 0 Å². The van der Waals surface area contributed by atoms with Crippen LogP contribution in [0.5, 0.6) is 0 Å². The molecule has 2 rings (SSSR count). The summed E-state index contributed by atoms with van der Waals surface area (Å²) in [6.07, 6.45) is 0.801. The molecule has 1 aliphatic carbocycles. The van der Waals surface area contributed by atoms with Crippen molar-refractivity contribution >= 4 is 17.6 Å². The molecule has 0 saturated carbocycles. The first-order valence-corrected chi connectivity index (χ1v) is 5.54. The molecular formula is C12H13ClO3. The summed E-state index contributed by atoms with van der Waals surface area (Å²) in [5.41, 5.74) is 1.25. The molecule has 4 heteroatoms. The molecule has 1 aromatic rings. The minimum atomic E-state index is -1.25. The van der Waals surface area contributed by atoms with Crippen molar-refractivity contribution in [2.45, 2.75) is 31.8 Å². The van der Waals surface area contributed by atoms with Gasteiger partial charge in [0.25, 0.3) is 0 Å². The van der Waals surface area contributed by atoms with E-state index in [4.69, 9.17) is 16.7 Å². The SMILES string of the molecule is Cc1cc(Cl)c2c(c1)C(O)(CC(=O)O)CC2. The first-order valence-electron chi connectivity index (χ1n) is 5.16. The summed E-state index contributed by atoms with van der Waals surface area (Å²) in [4.78, 5) is 10.7. The van der Waals surface area contributed by atoms with E-state index in [0.717, 1.165) is 11.1 Å². The third-order valence-electron chi connectivity index (χ3n) is 3.07. The van der Waals surface area contributed by atoms with Crippen molar-refractivity contribution in [3.05, 3.63) is 33.8 Å². The zero-order valence-electron chi connectivity index (χ0n) is 8.96. The van der Waals surface area contributed by atoms with Crippen LogP contribution < -0.4 is 0 Å². The maximum absolute atomic E-state index is 10.7. The molecule has 16 heavy (non-hydrogen) atoms. The normalized spacial score (nSPS) is 23.2. The molecule has 0 amide bonds. The van der Waals surface area contributed by atoms with Crippen LogP contribution >= 0.6 is 11.6 Å². The number of aliphatic carboxylic acids is 1. The van der Waals surface area contributed by atoms with Gasteiger partial charge in [0.15, 0.2) is 0 Å². The zero-order chi connectivity index (χ0) is 11.9. The predicted octanol–water partition coefficient (Wildman–Crippen LogP) is 2.26. The number of carbonyl (C=O) groups is 1. The van der Waals surface area contributed by atoms with Crippen molar-refractivity contribution in [3.63, 3.8) is 0 Å². The maximum Gasteiger partial charge on any atom is 0.306 e. The number of carboxylic acids is 1. The van der Waals surface area contributed by atoms with Crippen molar-refractivity contribution in [3.8, 4) is 0 Å². The summed E-state index contributed by atoms with van der Waals surface area (Å²) in [5, 5.41) is 19.8. The Morgan fingerprint density at radius 3 is 2.88 bits per heavy atom. The molecule has 1 aromatic carbocycles. The lowest BCUT2D eigenvalue weighted by molar-refractivity contribution is -0.142. The van der Waals surface area contributed by atoms with Crippen LogP contribution in [0.1, 0.15) is 29.5 Å². The monoisotopic (exact) mass is 240 g/mol. The lowest BCUT2D eigenvalue weighted by atomic mass is 9.91. The number of hydrogen-bond acceptors (Lipinski definition) is 2. The predicted molar refractivity (Wildman–Crippen MR) is 60.7 cm³/mol. The molecular weight excluding hydrogens is 228 g/mol. The molecule has 0 aliphatic heterocycles. The van der Waals surface area contributed by atoms with Gasteiger partial charge in [-0.2, -0.15) is 0 Å². The Balaban J connectivity index is 2.49. The Morgan fingerprint density at radius 2 is 2.25 bits per heavy atom. The average Bonchev–Trinajstić information content (AvgIpc) is 2.43. The molecule has 1 aliphatic rings. The van der Waals surface area contributed by atoms with Gasteiger partial charge in [0.1, 0.15) is 5.60 Å². The molecule has 0 saturated heterocycles. The van der Waals surface area contributed by atoms with Crippen molar-refractivity contribution in [2.24, 2.45) is 0 Å². The number of carboxylic acid groups (broad SMARTS) is 1. The number of aryl methyl sites for hydroxylation is 1. The Labute approximate surface area is 98.7 Å².